The molecule has 2 N–H and O–H groups in total. The van der Waals surface area contributed by atoms with Gasteiger partial charge in [0.05, 0.1) is 0 Å². The Bertz CT molecular complexity index is 560. The maximum absolute atomic E-state index is 12.8. The molecule has 1 aromatic rings. The summed E-state index contributed by atoms with van der Waals surface area (Å²) in [5, 5.41) is 0.727. The fourth-order valence-electron chi connectivity index (χ4n) is 3.08. The molecule has 2 fully saturated rings. The summed E-state index contributed by atoms with van der Waals surface area (Å²) in [6, 6.07) is 7.78. The average Bonchev–Trinajstić information content (AvgIpc) is 2.51. The number of hydrogen-bond donors (Lipinski definition) is 1. The number of hydrogen-bond acceptors (Lipinski definition) is 2. The molecule has 1 saturated heterocycles. The van der Waals surface area contributed by atoms with Crippen molar-refractivity contribution >= 4 is 23.2 Å². The number of piperazine rings is 1. The van der Waals surface area contributed by atoms with E-state index in [1.165, 1.54) is 0 Å². The molecule has 126 valence electrons. The quantitative estimate of drug-likeness (QED) is 0.678. The number of guanidine groups is 1. The fraction of sp³-hybridized carbons (Fsp3) is 0.562. The van der Waals surface area contributed by atoms with E-state index < -0.39 is 5.92 Å². The highest BCUT2D eigenvalue weighted by atomic mass is 35.5. The van der Waals surface area contributed by atoms with Crippen LogP contribution in [0.3, 0.4) is 0 Å². The van der Waals surface area contributed by atoms with Crippen LogP contribution in [0.5, 0.6) is 0 Å². The van der Waals surface area contributed by atoms with Crippen LogP contribution >= 0.6 is 11.6 Å². The second-order valence-electron chi connectivity index (χ2n) is 6.28. The lowest BCUT2D eigenvalue weighted by Gasteiger charge is -2.37. The second-order valence-corrected chi connectivity index (χ2v) is 6.72. The maximum Gasteiger partial charge on any atom is 0.248 e. The topological polar surface area (TPSA) is 44.9 Å². The number of nitrogens with two attached hydrogens (primary N) is 1. The minimum Gasteiger partial charge on any atom is -0.370 e. The van der Waals surface area contributed by atoms with Crippen molar-refractivity contribution in [1.29, 1.82) is 0 Å². The first kappa shape index (κ1) is 16.3. The molecule has 1 heterocycles. The van der Waals surface area contributed by atoms with Crippen molar-refractivity contribution in [1.82, 2.24) is 4.90 Å². The van der Waals surface area contributed by atoms with Crippen molar-refractivity contribution in [2.45, 2.75) is 18.8 Å². The summed E-state index contributed by atoms with van der Waals surface area (Å²) in [5.74, 6) is -2.05. The molecule has 2 aliphatic rings. The van der Waals surface area contributed by atoms with Gasteiger partial charge in [-0.1, -0.05) is 11.6 Å². The minimum absolute atomic E-state index is 0.0288. The maximum atomic E-state index is 12.8. The molecule has 0 aromatic heterocycles. The van der Waals surface area contributed by atoms with E-state index in [9.17, 15) is 8.78 Å². The molecule has 1 aliphatic carbocycles. The zero-order valence-corrected chi connectivity index (χ0v) is 13.6. The van der Waals surface area contributed by atoms with E-state index in [4.69, 9.17) is 17.3 Å². The van der Waals surface area contributed by atoms with Gasteiger partial charge in [-0.05, 0) is 30.2 Å². The predicted molar refractivity (Wildman–Crippen MR) is 89.4 cm³/mol. The van der Waals surface area contributed by atoms with E-state index in [1.54, 1.807) is 0 Å². The number of nitrogens with zero attached hydrogens (tertiary/aromatic N) is 3. The van der Waals surface area contributed by atoms with Gasteiger partial charge < -0.3 is 15.5 Å². The Labute approximate surface area is 139 Å². The molecule has 4 nitrogen and oxygen atoms in total. The first-order valence-corrected chi connectivity index (χ1v) is 8.24. The summed E-state index contributed by atoms with van der Waals surface area (Å²) in [5.41, 5.74) is 7.14. The van der Waals surface area contributed by atoms with Gasteiger partial charge in [-0.25, -0.2) is 8.78 Å². The molecule has 0 spiro atoms. The number of rotatable bonds is 3. The summed E-state index contributed by atoms with van der Waals surface area (Å²) in [7, 11) is 0. The Hall–Kier alpha value is -1.56. The lowest BCUT2D eigenvalue weighted by atomic mass is 9.81. The summed E-state index contributed by atoms with van der Waals surface area (Å²) in [6.07, 6.45) is -0.123. The normalized spacial score (nSPS) is 22.1. The van der Waals surface area contributed by atoms with Gasteiger partial charge in [0.2, 0.25) is 5.92 Å². The predicted octanol–water partition coefficient (Wildman–Crippen LogP) is 2.82. The molecule has 0 bridgehead atoms. The van der Waals surface area contributed by atoms with Crippen LogP contribution in [0.15, 0.2) is 29.3 Å². The van der Waals surface area contributed by atoms with Crippen LogP contribution in [0.25, 0.3) is 0 Å². The first-order chi connectivity index (χ1) is 10.9. The molecule has 1 aliphatic heterocycles. The number of alkyl halides is 2. The highest BCUT2D eigenvalue weighted by molar-refractivity contribution is 6.30. The molecule has 0 amide bonds. The third-order valence-electron chi connectivity index (χ3n) is 4.48. The molecule has 1 aromatic carbocycles. The Morgan fingerprint density at radius 2 is 1.78 bits per heavy atom. The fourth-order valence-corrected chi connectivity index (χ4v) is 3.21. The molecule has 0 unspecified atom stereocenters. The molecule has 1 saturated carbocycles. The standard InChI is InChI=1S/C16H21ClF2N4/c17-13-1-3-14(4-2-13)22-5-7-23(8-6-22)15(20)21-11-12-9-16(18,19)10-12/h1-4,12H,5-11H2,(H2,20,21). The molecule has 0 atom stereocenters. The zero-order valence-electron chi connectivity index (χ0n) is 12.9. The monoisotopic (exact) mass is 342 g/mol. The smallest absolute Gasteiger partial charge is 0.248 e. The minimum atomic E-state index is -2.49. The van der Waals surface area contributed by atoms with Crippen LogP contribution in [0.1, 0.15) is 12.8 Å². The van der Waals surface area contributed by atoms with Crippen molar-refractivity contribution in [3.05, 3.63) is 29.3 Å². The summed E-state index contributed by atoms with van der Waals surface area (Å²) in [6.45, 7) is 3.65. The Kier molecular flexibility index (Phi) is 4.62. The molecule has 23 heavy (non-hydrogen) atoms. The van der Waals surface area contributed by atoms with Crippen molar-refractivity contribution in [2.75, 3.05) is 37.6 Å². The molecule has 7 heteroatoms. The Balaban J connectivity index is 1.47. The van der Waals surface area contributed by atoms with E-state index >= 15 is 0 Å². The SMILES string of the molecule is NC(=NCC1CC(F)(F)C1)N1CCN(c2ccc(Cl)cc2)CC1. The highest BCUT2D eigenvalue weighted by Gasteiger charge is 2.44. The van der Waals surface area contributed by atoms with Gasteiger partial charge in [0, 0.05) is 56.3 Å². The number of anilines is 1. The van der Waals surface area contributed by atoms with E-state index in [0.29, 0.717) is 12.5 Å². The van der Waals surface area contributed by atoms with Crippen LogP contribution in [-0.4, -0.2) is 49.5 Å². The van der Waals surface area contributed by atoms with Crippen molar-refractivity contribution in [2.24, 2.45) is 16.6 Å². The van der Waals surface area contributed by atoms with Gasteiger partial charge in [-0.3, -0.25) is 4.99 Å². The third-order valence-corrected chi connectivity index (χ3v) is 4.73. The molecule has 3 rings (SSSR count). The van der Waals surface area contributed by atoms with Gasteiger partial charge >= 0.3 is 0 Å². The molecule has 0 radical (unpaired) electrons. The molecular formula is C16H21ClF2N4. The van der Waals surface area contributed by atoms with Gasteiger partial charge in [-0.2, -0.15) is 0 Å². The van der Waals surface area contributed by atoms with Gasteiger partial charge in [-0.15, -0.1) is 0 Å². The largest absolute Gasteiger partial charge is 0.370 e. The van der Waals surface area contributed by atoms with Gasteiger partial charge in [0.15, 0.2) is 5.96 Å². The van der Waals surface area contributed by atoms with Crippen LogP contribution in [0, 0.1) is 5.92 Å². The third kappa shape index (κ3) is 4.05. The lowest BCUT2D eigenvalue weighted by Crippen LogP contribution is -2.51. The van der Waals surface area contributed by atoms with E-state index in [-0.39, 0.29) is 18.8 Å². The van der Waals surface area contributed by atoms with Crippen molar-refractivity contribution < 1.29 is 8.78 Å². The Morgan fingerprint density at radius 3 is 2.35 bits per heavy atom. The van der Waals surface area contributed by atoms with Gasteiger partial charge in [0.1, 0.15) is 0 Å². The van der Waals surface area contributed by atoms with Crippen molar-refractivity contribution in [3.8, 4) is 0 Å². The number of aliphatic imine (C=N–C) groups is 1. The lowest BCUT2D eigenvalue weighted by molar-refractivity contribution is -0.107. The number of benzene rings is 1. The van der Waals surface area contributed by atoms with Crippen LogP contribution in [-0.2, 0) is 0 Å². The van der Waals surface area contributed by atoms with Gasteiger partial charge in [0.25, 0.3) is 0 Å². The first-order valence-electron chi connectivity index (χ1n) is 7.86. The second kappa shape index (κ2) is 6.51. The summed E-state index contributed by atoms with van der Waals surface area (Å²) in [4.78, 5) is 8.58. The van der Waals surface area contributed by atoms with E-state index in [0.717, 1.165) is 36.9 Å². The zero-order chi connectivity index (χ0) is 16.4. The average molecular weight is 343 g/mol. The van der Waals surface area contributed by atoms with E-state index in [1.807, 2.05) is 29.2 Å². The van der Waals surface area contributed by atoms with Crippen molar-refractivity contribution in [3.63, 3.8) is 0 Å². The van der Waals surface area contributed by atoms with Crippen LogP contribution < -0.4 is 10.6 Å². The van der Waals surface area contributed by atoms with E-state index in [2.05, 4.69) is 9.89 Å². The van der Waals surface area contributed by atoms with Crippen LogP contribution in [0.2, 0.25) is 5.02 Å². The Morgan fingerprint density at radius 1 is 1.17 bits per heavy atom. The summed E-state index contributed by atoms with van der Waals surface area (Å²) >= 11 is 5.90. The molecular weight excluding hydrogens is 322 g/mol. The highest BCUT2D eigenvalue weighted by Crippen LogP contribution is 2.42. The number of halogens is 3. The van der Waals surface area contributed by atoms with Crippen LogP contribution in [0.4, 0.5) is 14.5 Å². The summed E-state index contributed by atoms with van der Waals surface area (Å²) < 4.78 is 25.6.